The summed E-state index contributed by atoms with van der Waals surface area (Å²) in [6, 6.07) is 11.3. The van der Waals surface area contributed by atoms with Gasteiger partial charge in [0.05, 0.1) is 19.2 Å². The number of aromatic nitrogens is 1. The number of carbonyl (C=O) groups is 1. The van der Waals surface area contributed by atoms with Crippen LogP contribution in [0.2, 0.25) is 0 Å². The van der Waals surface area contributed by atoms with Crippen molar-refractivity contribution in [3.63, 3.8) is 0 Å². The Hall–Kier alpha value is -2.82. The van der Waals surface area contributed by atoms with E-state index in [0.717, 1.165) is 22.2 Å². The SMILES string of the molecule is COc1ccc(C)cc1NC(=O)Cc1ccc2oc(C)nc2c1. The Morgan fingerprint density at radius 1 is 1.22 bits per heavy atom. The molecule has 0 spiro atoms. The highest BCUT2D eigenvalue weighted by Crippen LogP contribution is 2.25. The molecule has 0 saturated carbocycles. The number of fused-ring (bicyclic) bond motifs is 1. The zero-order chi connectivity index (χ0) is 16.4. The summed E-state index contributed by atoms with van der Waals surface area (Å²) in [5, 5.41) is 2.90. The number of ether oxygens (including phenoxy) is 1. The van der Waals surface area contributed by atoms with Crippen molar-refractivity contribution in [2.75, 3.05) is 12.4 Å². The van der Waals surface area contributed by atoms with Gasteiger partial charge in [-0.3, -0.25) is 4.79 Å². The molecular formula is C18H18N2O3. The predicted octanol–water partition coefficient (Wildman–Crippen LogP) is 3.63. The van der Waals surface area contributed by atoms with Gasteiger partial charge in [-0.1, -0.05) is 12.1 Å². The van der Waals surface area contributed by atoms with Gasteiger partial charge in [0, 0.05) is 6.92 Å². The number of amides is 1. The van der Waals surface area contributed by atoms with Gasteiger partial charge in [-0.05, 0) is 42.3 Å². The van der Waals surface area contributed by atoms with Crippen molar-refractivity contribution < 1.29 is 13.9 Å². The lowest BCUT2D eigenvalue weighted by molar-refractivity contribution is -0.115. The minimum atomic E-state index is -0.103. The number of oxazole rings is 1. The van der Waals surface area contributed by atoms with E-state index in [-0.39, 0.29) is 12.3 Å². The van der Waals surface area contributed by atoms with E-state index in [0.29, 0.717) is 17.3 Å². The minimum Gasteiger partial charge on any atom is -0.495 e. The lowest BCUT2D eigenvalue weighted by Crippen LogP contribution is -2.15. The predicted molar refractivity (Wildman–Crippen MR) is 88.8 cm³/mol. The Bertz CT molecular complexity index is 868. The van der Waals surface area contributed by atoms with Crippen molar-refractivity contribution in [1.29, 1.82) is 0 Å². The first-order chi connectivity index (χ1) is 11.0. The van der Waals surface area contributed by atoms with E-state index in [1.165, 1.54) is 0 Å². The molecule has 3 aromatic rings. The van der Waals surface area contributed by atoms with Crippen LogP contribution >= 0.6 is 0 Å². The summed E-state index contributed by atoms with van der Waals surface area (Å²) in [4.78, 5) is 16.6. The van der Waals surface area contributed by atoms with Gasteiger partial charge in [-0.15, -0.1) is 0 Å². The second kappa shape index (κ2) is 6.12. The van der Waals surface area contributed by atoms with Crippen molar-refractivity contribution >= 4 is 22.7 Å². The maximum atomic E-state index is 12.3. The lowest BCUT2D eigenvalue weighted by atomic mass is 10.1. The fraction of sp³-hybridized carbons (Fsp3) is 0.222. The third-order valence-electron chi connectivity index (χ3n) is 3.55. The van der Waals surface area contributed by atoms with Crippen LogP contribution in [0.15, 0.2) is 40.8 Å². The zero-order valence-corrected chi connectivity index (χ0v) is 13.3. The number of benzene rings is 2. The zero-order valence-electron chi connectivity index (χ0n) is 13.3. The highest BCUT2D eigenvalue weighted by molar-refractivity contribution is 5.94. The molecule has 0 saturated heterocycles. The normalized spacial score (nSPS) is 10.7. The number of nitrogens with zero attached hydrogens (tertiary/aromatic N) is 1. The quantitative estimate of drug-likeness (QED) is 0.799. The standard InChI is InChI=1S/C18H18N2O3/c1-11-4-6-16(22-3)14(8-11)20-18(21)10-13-5-7-17-15(9-13)19-12(2)23-17/h4-9H,10H2,1-3H3,(H,20,21). The van der Waals surface area contributed by atoms with Crippen molar-refractivity contribution in [2.24, 2.45) is 0 Å². The number of aryl methyl sites for hydroxylation is 2. The molecule has 1 amide bonds. The Morgan fingerprint density at radius 3 is 2.83 bits per heavy atom. The first kappa shape index (κ1) is 15.1. The summed E-state index contributed by atoms with van der Waals surface area (Å²) in [5.41, 5.74) is 4.11. The first-order valence-electron chi connectivity index (χ1n) is 7.36. The second-order valence-corrected chi connectivity index (χ2v) is 5.46. The number of hydrogen-bond donors (Lipinski definition) is 1. The topological polar surface area (TPSA) is 64.4 Å². The Morgan fingerprint density at radius 2 is 2.04 bits per heavy atom. The molecular weight excluding hydrogens is 292 g/mol. The molecule has 0 radical (unpaired) electrons. The van der Waals surface area contributed by atoms with Crippen LogP contribution in [0.1, 0.15) is 17.0 Å². The van der Waals surface area contributed by atoms with Crippen LogP contribution < -0.4 is 10.1 Å². The van der Waals surface area contributed by atoms with Crippen LogP contribution in [0, 0.1) is 13.8 Å². The summed E-state index contributed by atoms with van der Waals surface area (Å²) in [6.45, 7) is 3.77. The number of methoxy groups -OCH3 is 1. The summed E-state index contributed by atoms with van der Waals surface area (Å²) >= 11 is 0. The van der Waals surface area contributed by atoms with Gasteiger partial charge in [-0.2, -0.15) is 0 Å². The summed E-state index contributed by atoms with van der Waals surface area (Å²) in [5.74, 6) is 1.16. The van der Waals surface area contributed by atoms with E-state index in [1.54, 1.807) is 14.0 Å². The smallest absolute Gasteiger partial charge is 0.228 e. The molecule has 0 aliphatic carbocycles. The molecule has 0 fully saturated rings. The number of anilines is 1. The molecule has 1 aromatic heterocycles. The van der Waals surface area contributed by atoms with E-state index in [9.17, 15) is 4.79 Å². The van der Waals surface area contributed by atoms with E-state index in [4.69, 9.17) is 9.15 Å². The molecule has 0 aliphatic rings. The maximum Gasteiger partial charge on any atom is 0.228 e. The lowest BCUT2D eigenvalue weighted by Gasteiger charge is -2.11. The molecule has 0 aliphatic heterocycles. The van der Waals surface area contributed by atoms with E-state index >= 15 is 0 Å². The van der Waals surface area contributed by atoms with E-state index in [1.807, 2.05) is 43.3 Å². The molecule has 0 unspecified atom stereocenters. The third kappa shape index (κ3) is 3.34. The Balaban J connectivity index is 1.76. The summed E-state index contributed by atoms with van der Waals surface area (Å²) in [7, 11) is 1.58. The highest BCUT2D eigenvalue weighted by Gasteiger charge is 2.10. The molecule has 0 atom stereocenters. The van der Waals surface area contributed by atoms with Crippen LogP contribution in [0.3, 0.4) is 0 Å². The molecule has 1 N–H and O–H groups in total. The van der Waals surface area contributed by atoms with E-state index < -0.39 is 0 Å². The maximum absolute atomic E-state index is 12.3. The van der Waals surface area contributed by atoms with Gasteiger partial charge in [0.2, 0.25) is 5.91 Å². The number of hydrogen-bond acceptors (Lipinski definition) is 4. The monoisotopic (exact) mass is 310 g/mol. The number of rotatable bonds is 4. The second-order valence-electron chi connectivity index (χ2n) is 5.46. The van der Waals surface area contributed by atoms with Crippen LogP contribution in [0.25, 0.3) is 11.1 Å². The van der Waals surface area contributed by atoms with Crippen LogP contribution in [0.5, 0.6) is 5.75 Å². The molecule has 3 rings (SSSR count). The van der Waals surface area contributed by atoms with E-state index in [2.05, 4.69) is 10.3 Å². The van der Waals surface area contributed by atoms with Gasteiger partial charge < -0.3 is 14.5 Å². The molecule has 2 aromatic carbocycles. The minimum absolute atomic E-state index is 0.103. The molecule has 23 heavy (non-hydrogen) atoms. The molecule has 5 heteroatoms. The summed E-state index contributed by atoms with van der Waals surface area (Å²) < 4.78 is 10.7. The van der Waals surface area contributed by atoms with Crippen LogP contribution in [0.4, 0.5) is 5.69 Å². The number of nitrogens with one attached hydrogen (secondary N) is 1. The average Bonchev–Trinajstić information content (AvgIpc) is 2.86. The van der Waals surface area contributed by atoms with Crippen LogP contribution in [-0.2, 0) is 11.2 Å². The number of carbonyl (C=O) groups excluding carboxylic acids is 1. The highest BCUT2D eigenvalue weighted by atomic mass is 16.5. The molecule has 0 bridgehead atoms. The largest absolute Gasteiger partial charge is 0.495 e. The molecule has 118 valence electrons. The fourth-order valence-corrected chi connectivity index (χ4v) is 2.50. The van der Waals surface area contributed by atoms with Gasteiger partial charge in [-0.25, -0.2) is 4.98 Å². The molecule has 1 heterocycles. The first-order valence-corrected chi connectivity index (χ1v) is 7.36. The van der Waals surface area contributed by atoms with Gasteiger partial charge >= 0.3 is 0 Å². The fourth-order valence-electron chi connectivity index (χ4n) is 2.50. The Labute approximate surface area is 134 Å². The van der Waals surface area contributed by atoms with Crippen molar-refractivity contribution in [1.82, 2.24) is 4.98 Å². The van der Waals surface area contributed by atoms with Crippen LogP contribution in [-0.4, -0.2) is 18.0 Å². The van der Waals surface area contributed by atoms with Gasteiger partial charge in [0.1, 0.15) is 11.3 Å². The van der Waals surface area contributed by atoms with Crippen molar-refractivity contribution in [3.8, 4) is 5.75 Å². The summed E-state index contributed by atoms with van der Waals surface area (Å²) in [6.07, 6.45) is 0.263. The average molecular weight is 310 g/mol. The van der Waals surface area contributed by atoms with Gasteiger partial charge in [0.15, 0.2) is 11.5 Å². The third-order valence-corrected chi connectivity index (χ3v) is 3.55. The Kier molecular flexibility index (Phi) is 4.02. The van der Waals surface area contributed by atoms with Gasteiger partial charge in [0.25, 0.3) is 0 Å². The van der Waals surface area contributed by atoms with Crippen molar-refractivity contribution in [3.05, 3.63) is 53.4 Å². The molecule has 5 nitrogen and oxygen atoms in total. The van der Waals surface area contributed by atoms with Crippen molar-refractivity contribution in [2.45, 2.75) is 20.3 Å².